The quantitative estimate of drug-likeness (QED) is 0.904. The van der Waals surface area contributed by atoms with Gasteiger partial charge in [-0.15, -0.1) is 0 Å². The third kappa shape index (κ3) is 2.13. The molecule has 0 saturated heterocycles. The molecule has 1 aromatic carbocycles. The van der Waals surface area contributed by atoms with E-state index < -0.39 is 0 Å². The number of hydrogen-bond acceptors (Lipinski definition) is 2. The van der Waals surface area contributed by atoms with Crippen LogP contribution in [-0.2, 0) is 19.4 Å². The van der Waals surface area contributed by atoms with Crippen molar-refractivity contribution in [1.29, 1.82) is 0 Å². The van der Waals surface area contributed by atoms with E-state index in [4.69, 9.17) is 4.74 Å². The van der Waals surface area contributed by atoms with E-state index in [1.807, 2.05) is 12.1 Å². The SMILES string of the molecule is COc1ccc(N2C=Cc3c([nH]c4c3CCCC4)C2)cc1. The van der Waals surface area contributed by atoms with Gasteiger partial charge in [-0.25, -0.2) is 0 Å². The number of aryl methyl sites for hydroxylation is 1. The van der Waals surface area contributed by atoms with Gasteiger partial charge in [-0.05, 0) is 61.6 Å². The molecule has 2 aliphatic rings. The molecule has 3 nitrogen and oxygen atoms in total. The predicted molar refractivity (Wildman–Crippen MR) is 85.6 cm³/mol. The molecule has 1 aromatic heterocycles. The first-order valence-electron chi connectivity index (χ1n) is 7.66. The number of ether oxygens (including phenoxy) is 1. The van der Waals surface area contributed by atoms with Crippen molar-refractivity contribution < 1.29 is 4.74 Å². The van der Waals surface area contributed by atoms with Crippen molar-refractivity contribution in [3.63, 3.8) is 0 Å². The van der Waals surface area contributed by atoms with Gasteiger partial charge in [0.1, 0.15) is 5.75 Å². The minimum Gasteiger partial charge on any atom is -0.497 e. The Balaban J connectivity index is 1.63. The minimum absolute atomic E-state index is 0.899. The molecule has 0 radical (unpaired) electrons. The van der Waals surface area contributed by atoms with Crippen molar-refractivity contribution in [3.8, 4) is 5.75 Å². The second-order valence-electron chi connectivity index (χ2n) is 5.82. The zero-order valence-corrected chi connectivity index (χ0v) is 12.4. The predicted octanol–water partition coefficient (Wildman–Crippen LogP) is 3.89. The molecule has 1 aliphatic carbocycles. The Morgan fingerprint density at radius 3 is 2.67 bits per heavy atom. The number of aromatic amines is 1. The fourth-order valence-corrected chi connectivity index (χ4v) is 3.44. The molecule has 21 heavy (non-hydrogen) atoms. The van der Waals surface area contributed by atoms with E-state index in [0.717, 1.165) is 12.3 Å². The first-order chi connectivity index (χ1) is 10.3. The molecule has 108 valence electrons. The van der Waals surface area contributed by atoms with Crippen molar-refractivity contribution >= 4 is 11.8 Å². The highest BCUT2D eigenvalue weighted by molar-refractivity contribution is 5.67. The van der Waals surface area contributed by atoms with Crippen LogP contribution in [0.2, 0.25) is 0 Å². The lowest BCUT2D eigenvalue weighted by atomic mass is 9.94. The largest absolute Gasteiger partial charge is 0.497 e. The van der Waals surface area contributed by atoms with Crippen LogP contribution in [0.15, 0.2) is 30.5 Å². The van der Waals surface area contributed by atoms with Gasteiger partial charge in [0.25, 0.3) is 0 Å². The monoisotopic (exact) mass is 280 g/mol. The van der Waals surface area contributed by atoms with Gasteiger partial charge in [0.05, 0.1) is 13.7 Å². The van der Waals surface area contributed by atoms with Gasteiger partial charge in [-0.1, -0.05) is 0 Å². The number of hydrogen-bond donors (Lipinski definition) is 1. The van der Waals surface area contributed by atoms with Crippen LogP contribution in [0.25, 0.3) is 6.08 Å². The maximum Gasteiger partial charge on any atom is 0.119 e. The topological polar surface area (TPSA) is 28.3 Å². The molecule has 4 rings (SSSR count). The fourth-order valence-electron chi connectivity index (χ4n) is 3.44. The number of H-pyrrole nitrogens is 1. The Kier molecular flexibility index (Phi) is 2.99. The number of methoxy groups -OCH3 is 1. The first kappa shape index (κ1) is 12.6. The molecule has 0 amide bonds. The lowest BCUT2D eigenvalue weighted by Gasteiger charge is -2.24. The molecule has 0 fully saturated rings. The summed E-state index contributed by atoms with van der Waals surface area (Å²) < 4.78 is 5.23. The standard InChI is InChI=1S/C18H20N2O/c1-21-14-8-6-13(7-9-14)20-11-10-16-15-4-2-3-5-17(15)19-18(16)12-20/h6-11,19H,2-5,12H2,1H3. The van der Waals surface area contributed by atoms with Crippen molar-refractivity contribution in [2.24, 2.45) is 0 Å². The van der Waals surface area contributed by atoms with Gasteiger partial charge in [-0.2, -0.15) is 0 Å². The van der Waals surface area contributed by atoms with Gasteiger partial charge in [0.15, 0.2) is 0 Å². The van der Waals surface area contributed by atoms with Crippen LogP contribution in [0.3, 0.4) is 0 Å². The maximum absolute atomic E-state index is 5.23. The average molecular weight is 280 g/mol. The van der Waals surface area contributed by atoms with E-state index in [9.17, 15) is 0 Å². The van der Waals surface area contributed by atoms with Crippen LogP contribution in [0.5, 0.6) is 5.75 Å². The zero-order valence-electron chi connectivity index (χ0n) is 12.4. The molecule has 1 N–H and O–H groups in total. The Bertz CT molecular complexity index is 682. The van der Waals surface area contributed by atoms with Gasteiger partial charge in [-0.3, -0.25) is 0 Å². The molecular formula is C18H20N2O. The van der Waals surface area contributed by atoms with E-state index in [-0.39, 0.29) is 0 Å². The Morgan fingerprint density at radius 2 is 1.86 bits per heavy atom. The van der Waals surface area contributed by atoms with Gasteiger partial charge in [0, 0.05) is 28.8 Å². The Morgan fingerprint density at radius 1 is 1.05 bits per heavy atom. The fraction of sp³-hybridized carbons (Fsp3) is 0.333. The molecule has 2 heterocycles. The molecule has 0 unspecified atom stereocenters. The van der Waals surface area contributed by atoms with Crippen molar-refractivity contribution in [1.82, 2.24) is 4.98 Å². The Labute approximate surface area is 125 Å². The summed E-state index contributed by atoms with van der Waals surface area (Å²) in [5.41, 5.74) is 7.02. The molecular weight excluding hydrogens is 260 g/mol. The number of fused-ring (bicyclic) bond motifs is 3. The van der Waals surface area contributed by atoms with E-state index in [1.54, 1.807) is 12.7 Å². The minimum atomic E-state index is 0.899. The van der Waals surface area contributed by atoms with Gasteiger partial charge >= 0.3 is 0 Å². The van der Waals surface area contributed by atoms with Crippen LogP contribution >= 0.6 is 0 Å². The third-order valence-corrected chi connectivity index (χ3v) is 4.57. The average Bonchev–Trinajstić information content (AvgIpc) is 2.92. The number of nitrogens with one attached hydrogen (secondary N) is 1. The molecule has 0 spiro atoms. The molecule has 2 aromatic rings. The molecule has 0 atom stereocenters. The Hall–Kier alpha value is -2.16. The molecule has 1 aliphatic heterocycles. The summed E-state index contributed by atoms with van der Waals surface area (Å²) in [6, 6.07) is 8.24. The summed E-state index contributed by atoms with van der Waals surface area (Å²) in [5, 5.41) is 0. The summed E-state index contributed by atoms with van der Waals surface area (Å²) in [7, 11) is 1.70. The number of nitrogens with zero attached hydrogens (tertiary/aromatic N) is 1. The number of aromatic nitrogens is 1. The van der Waals surface area contributed by atoms with Crippen molar-refractivity contribution in [3.05, 3.63) is 53.0 Å². The van der Waals surface area contributed by atoms with E-state index in [2.05, 4.69) is 34.3 Å². The van der Waals surface area contributed by atoms with Crippen LogP contribution in [0.4, 0.5) is 5.69 Å². The molecule has 3 heteroatoms. The van der Waals surface area contributed by atoms with Crippen molar-refractivity contribution in [2.45, 2.75) is 32.2 Å². The highest BCUT2D eigenvalue weighted by Gasteiger charge is 2.22. The van der Waals surface area contributed by atoms with Gasteiger partial charge < -0.3 is 14.6 Å². The second-order valence-corrected chi connectivity index (χ2v) is 5.82. The summed E-state index contributed by atoms with van der Waals surface area (Å²) in [4.78, 5) is 5.94. The van der Waals surface area contributed by atoms with Crippen LogP contribution in [0, 0.1) is 0 Å². The van der Waals surface area contributed by atoms with Crippen LogP contribution < -0.4 is 9.64 Å². The summed E-state index contributed by atoms with van der Waals surface area (Å²) >= 11 is 0. The lowest BCUT2D eigenvalue weighted by molar-refractivity contribution is 0.415. The van der Waals surface area contributed by atoms with E-state index in [0.29, 0.717) is 0 Å². The smallest absolute Gasteiger partial charge is 0.119 e. The van der Waals surface area contributed by atoms with E-state index in [1.165, 1.54) is 48.3 Å². The normalized spacial score (nSPS) is 16.5. The summed E-state index contributed by atoms with van der Waals surface area (Å²) in [6.45, 7) is 0.922. The summed E-state index contributed by atoms with van der Waals surface area (Å²) in [6.07, 6.45) is 9.55. The maximum atomic E-state index is 5.23. The van der Waals surface area contributed by atoms with E-state index >= 15 is 0 Å². The number of rotatable bonds is 2. The number of benzene rings is 1. The van der Waals surface area contributed by atoms with Crippen LogP contribution in [-0.4, -0.2) is 12.1 Å². The first-order valence-corrected chi connectivity index (χ1v) is 7.66. The van der Waals surface area contributed by atoms with Crippen molar-refractivity contribution in [2.75, 3.05) is 12.0 Å². The highest BCUT2D eigenvalue weighted by atomic mass is 16.5. The summed E-state index contributed by atoms with van der Waals surface area (Å²) in [5.74, 6) is 0.899. The lowest BCUT2D eigenvalue weighted by Crippen LogP contribution is -2.19. The molecule has 0 saturated carbocycles. The molecule has 0 bridgehead atoms. The third-order valence-electron chi connectivity index (χ3n) is 4.57. The highest BCUT2D eigenvalue weighted by Crippen LogP contribution is 2.33. The second kappa shape index (κ2) is 4.99. The number of anilines is 1. The van der Waals surface area contributed by atoms with Gasteiger partial charge in [0.2, 0.25) is 0 Å². The van der Waals surface area contributed by atoms with Crippen LogP contribution in [0.1, 0.15) is 35.4 Å². The zero-order chi connectivity index (χ0) is 14.2.